The van der Waals surface area contributed by atoms with Crippen molar-refractivity contribution in [3.8, 4) is 0 Å². The molecule has 0 atom stereocenters. The molecule has 4 nitrogen and oxygen atoms in total. The quantitative estimate of drug-likeness (QED) is 0.872. The maximum atomic E-state index is 11.9. The number of nitrogens with zero attached hydrogens (tertiary/aromatic N) is 1. The number of nitrogens with one attached hydrogen (secondary N) is 1. The zero-order chi connectivity index (χ0) is 14.3. The molecule has 0 saturated carbocycles. The van der Waals surface area contributed by atoms with Gasteiger partial charge in [-0.15, -0.1) is 0 Å². The average molecular weight is 294 g/mol. The van der Waals surface area contributed by atoms with E-state index >= 15 is 0 Å². The third kappa shape index (κ3) is 4.49. The second kappa shape index (κ2) is 7.64. The van der Waals surface area contributed by atoms with Crippen LogP contribution in [0.2, 0.25) is 0 Å². The Morgan fingerprint density at radius 3 is 2.90 bits per heavy atom. The van der Waals surface area contributed by atoms with E-state index in [9.17, 15) is 4.79 Å². The average Bonchev–Trinajstić information content (AvgIpc) is 2.53. The maximum absolute atomic E-state index is 11.9. The zero-order valence-corrected chi connectivity index (χ0v) is 12.7. The molecule has 2 rings (SSSR count). The van der Waals surface area contributed by atoms with E-state index < -0.39 is 0 Å². The van der Waals surface area contributed by atoms with Crippen LogP contribution in [0.3, 0.4) is 0 Å². The first-order valence-corrected chi connectivity index (χ1v) is 8.26. The molecular formula is C15H22N2O2S. The standard InChI is InChI=1S/C15H22N2O2S/c1-20-15(7-10-19-11-8-15)12-17-14(18)6-5-13-4-2-3-9-16-13/h2-4,9H,5-8,10-12H2,1H3,(H,17,18). The van der Waals surface area contributed by atoms with Crippen LogP contribution in [0.25, 0.3) is 0 Å². The number of hydrogen-bond donors (Lipinski definition) is 1. The van der Waals surface area contributed by atoms with E-state index in [4.69, 9.17) is 4.74 Å². The lowest BCUT2D eigenvalue weighted by Gasteiger charge is -2.35. The van der Waals surface area contributed by atoms with Gasteiger partial charge < -0.3 is 10.1 Å². The Morgan fingerprint density at radius 1 is 1.45 bits per heavy atom. The molecule has 0 spiro atoms. The molecule has 1 aliphatic heterocycles. The summed E-state index contributed by atoms with van der Waals surface area (Å²) in [5, 5.41) is 3.07. The predicted molar refractivity (Wildman–Crippen MR) is 81.9 cm³/mol. The highest BCUT2D eigenvalue weighted by Crippen LogP contribution is 2.32. The predicted octanol–water partition coefficient (Wildman–Crippen LogP) is 2.04. The fourth-order valence-corrected chi connectivity index (χ4v) is 3.12. The Morgan fingerprint density at radius 2 is 2.25 bits per heavy atom. The van der Waals surface area contributed by atoms with Crippen molar-refractivity contribution in [1.29, 1.82) is 0 Å². The van der Waals surface area contributed by atoms with E-state index in [-0.39, 0.29) is 10.7 Å². The lowest BCUT2D eigenvalue weighted by molar-refractivity contribution is -0.121. The van der Waals surface area contributed by atoms with E-state index in [1.165, 1.54) is 0 Å². The van der Waals surface area contributed by atoms with E-state index in [0.29, 0.717) is 12.8 Å². The summed E-state index contributed by atoms with van der Waals surface area (Å²) < 4.78 is 5.56. The highest BCUT2D eigenvalue weighted by atomic mass is 32.2. The number of thioether (sulfide) groups is 1. The van der Waals surface area contributed by atoms with Crippen molar-refractivity contribution in [1.82, 2.24) is 10.3 Å². The topological polar surface area (TPSA) is 51.2 Å². The van der Waals surface area contributed by atoms with Gasteiger partial charge in [0.05, 0.1) is 0 Å². The smallest absolute Gasteiger partial charge is 0.220 e. The molecule has 110 valence electrons. The van der Waals surface area contributed by atoms with Crippen LogP contribution >= 0.6 is 11.8 Å². The molecule has 1 N–H and O–H groups in total. The Bertz CT molecular complexity index is 419. The van der Waals surface area contributed by atoms with Crippen LogP contribution in [-0.4, -0.2) is 41.7 Å². The fourth-order valence-electron chi connectivity index (χ4n) is 2.33. The Balaban J connectivity index is 1.74. The van der Waals surface area contributed by atoms with E-state index in [2.05, 4.69) is 16.6 Å². The molecule has 0 aliphatic carbocycles. The van der Waals surface area contributed by atoms with Crippen LogP contribution in [0.5, 0.6) is 0 Å². The summed E-state index contributed by atoms with van der Waals surface area (Å²) in [7, 11) is 0. The number of hydrogen-bond acceptors (Lipinski definition) is 4. The van der Waals surface area contributed by atoms with Crippen molar-refractivity contribution in [2.75, 3.05) is 26.0 Å². The number of ether oxygens (including phenoxy) is 1. The molecule has 20 heavy (non-hydrogen) atoms. The molecule has 1 aromatic heterocycles. The number of amides is 1. The van der Waals surface area contributed by atoms with E-state index in [1.807, 2.05) is 30.0 Å². The van der Waals surface area contributed by atoms with E-state index in [0.717, 1.165) is 38.3 Å². The van der Waals surface area contributed by atoms with Crippen LogP contribution < -0.4 is 5.32 Å². The summed E-state index contributed by atoms with van der Waals surface area (Å²) in [6, 6.07) is 5.79. The summed E-state index contributed by atoms with van der Waals surface area (Å²) in [4.78, 5) is 16.2. The van der Waals surface area contributed by atoms with Crippen molar-refractivity contribution in [3.63, 3.8) is 0 Å². The van der Waals surface area contributed by atoms with Gasteiger partial charge in [-0.3, -0.25) is 9.78 Å². The van der Waals surface area contributed by atoms with Crippen LogP contribution in [-0.2, 0) is 16.0 Å². The molecule has 1 aliphatic rings. The van der Waals surface area contributed by atoms with Gasteiger partial charge in [0.15, 0.2) is 0 Å². The van der Waals surface area contributed by atoms with Crippen molar-refractivity contribution in [2.45, 2.75) is 30.4 Å². The highest BCUT2D eigenvalue weighted by Gasteiger charge is 2.31. The molecule has 0 unspecified atom stereocenters. The largest absolute Gasteiger partial charge is 0.381 e. The number of rotatable bonds is 6. The van der Waals surface area contributed by atoms with Gasteiger partial charge in [-0.05, 0) is 37.7 Å². The fraction of sp³-hybridized carbons (Fsp3) is 0.600. The van der Waals surface area contributed by atoms with Crippen molar-refractivity contribution in [2.24, 2.45) is 0 Å². The third-order valence-electron chi connectivity index (χ3n) is 3.78. The summed E-state index contributed by atoms with van der Waals surface area (Å²) in [5.41, 5.74) is 0.966. The van der Waals surface area contributed by atoms with Crippen molar-refractivity contribution < 1.29 is 9.53 Å². The van der Waals surface area contributed by atoms with Gasteiger partial charge in [0.25, 0.3) is 0 Å². The molecule has 0 radical (unpaired) electrons. The summed E-state index contributed by atoms with van der Waals surface area (Å²) in [6.07, 6.45) is 7.09. The molecule has 1 aromatic rings. The van der Waals surface area contributed by atoms with Gasteiger partial charge in [-0.2, -0.15) is 11.8 Å². The number of carbonyl (C=O) groups is 1. The lowest BCUT2D eigenvalue weighted by atomic mass is 9.99. The highest BCUT2D eigenvalue weighted by molar-refractivity contribution is 8.00. The minimum absolute atomic E-state index is 0.107. The summed E-state index contributed by atoms with van der Waals surface area (Å²) in [5.74, 6) is 0.107. The minimum atomic E-state index is 0.107. The molecule has 1 amide bonds. The second-order valence-corrected chi connectivity index (χ2v) is 6.37. The first kappa shape index (κ1) is 15.3. The van der Waals surface area contributed by atoms with Crippen LogP contribution in [0.1, 0.15) is 25.0 Å². The Labute approximate surface area is 124 Å². The van der Waals surface area contributed by atoms with Crippen LogP contribution in [0.4, 0.5) is 0 Å². The lowest BCUT2D eigenvalue weighted by Crippen LogP contribution is -2.44. The number of aryl methyl sites for hydroxylation is 1. The first-order valence-electron chi connectivity index (χ1n) is 7.04. The Kier molecular flexibility index (Phi) is 5.86. The number of carbonyl (C=O) groups excluding carboxylic acids is 1. The van der Waals surface area contributed by atoms with Gasteiger partial charge in [0, 0.05) is 42.8 Å². The monoisotopic (exact) mass is 294 g/mol. The second-order valence-electron chi connectivity index (χ2n) is 5.10. The first-order chi connectivity index (χ1) is 9.74. The van der Waals surface area contributed by atoms with Crippen molar-refractivity contribution >= 4 is 17.7 Å². The molecular weight excluding hydrogens is 272 g/mol. The Hall–Kier alpha value is -1.07. The minimum Gasteiger partial charge on any atom is -0.381 e. The van der Waals surface area contributed by atoms with Gasteiger partial charge >= 0.3 is 0 Å². The van der Waals surface area contributed by atoms with Gasteiger partial charge in [0.2, 0.25) is 5.91 Å². The summed E-state index contributed by atoms with van der Waals surface area (Å²) in [6.45, 7) is 2.33. The SMILES string of the molecule is CSC1(CNC(=O)CCc2ccccn2)CCOCC1. The molecule has 0 aromatic carbocycles. The van der Waals surface area contributed by atoms with E-state index in [1.54, 1.807) is 6.20 Å². The molecule has 5 heteroatoms. The molecule has 2 heterocycles. The van der Waals surface area contributed by atoms with Crippen LogP contribution in [0, 0.1) is 0 Å². The third-order valence-corrected chi connectivity index (χ3v) is 5.20. The van der Waals surface area contributed by atoms with Gasteiger partial charge in [-0.25, -0.2) is 0 Å². The van der Waals surface area contributed by atoms with Gasteiger partial charge in [0.1, 0.15) is 0 Å². The number of pyridine rings is 1. The maximum Gasteiger partial charge on any atom is 0.220 e. The van der Waals surface area contributed by atoms with Crippen LogP contribution in [0.15, 0.2) is 24.4 Å². The zero-order valence-electron chi connectivity index (χ0n) is 11.9. The molecule has 0 bridgehead atoms. The van der Waals surface area contributed by atoms with Crippen molar-refractivity contribution in [3.05, 3.63) is 30.1 Å². The summed E-state index contributed by atoms with van der Waals surface area (Å²) >= 11 is 1.84. The molecule has 1 saturated heterocycles. The number of aromatic nitrogens is 1. The van der Waals surface area contributed by atoms with Gasteiger partial charge in [-0.1, -0.05) is 6.07 Å². The molecule has 1 fully saturated rings. The normalized spacial score (nSPS) is 17.6.